The Hall–Kier alpha value is -2.46. The number of aromatic nitrogens is 2. The number of aliphatic hydroxyl groups is 3. The molecule has 1 saturated heterocycles. The molecule has 0 radical (unpaired) electrons. The molecule has 1 aliphatic rings. The van der Waals surface area contributed by atoms with Crippen molar-refractivity contribution >= 4 is 0 Å². The first-order chi connectivity index (χ1) is 12.4. The number of nitrogens with zero attached hydrogens (tertiary/aromatic N) is 1. The Balaban J connectivity index is 1.93. The second-order valence-electron chi connectivity index (χ2n) is 6.23. The van der Waals surface area contributed by atoms with Crippen molar-refractivity contribution in [3.8, 4) is 5.75 Å². The Bertz CT molecular complexity index is 879. The molecule has 3 rings (SSSR count). The first-order valence-electron chi connectivity index (χ1n) is 8.05. The highest BCUT2D eigenvalue weighted by atomic mass is 16.6. The molecular weight excluding hydrogens is 344 g/mol. The third kappa shape index (κ3) is 3.17. The van der Waals surface area contributed by atoms with Crippen LogP contribution in [-0.4, -0.2) is 49.8 Å². The molecule has 1 aromatic carbocycles. The minimum Gasteiger partial charge on any atom is -0.482 e. The topological polar surface area (TPSA) is 134 Å². The summed E-state index contributed by atoms with van der Waals surface area (Å²) in [6.45, 7) is 0.935. The van der Waals surface area contributed by atoms with E-state index >= 15 is 0 Å². The Morgan fingerprint density at radius 2 is 1.96 bits per heavy atom. The van der Waals surface area contributed by atoms with Crippen molar-refractivity contribution in [3.63, 3.8) is 0 Å². The smallest absolute Gasteiger partial charge is 0.330 e. The molecule has 4 atom stereocenters. The summed E-state index contributed by atoms with van der Waals surface area (Å²) >= 11 is 0. The molecular formula is C17H20N2O7. The van der Waals surface area contributed by atoms with Gasteiger partial charge in [0.2, 0.25) is 5.75 Å². The van der Waals surface area contributed by atoms with Gasteiger partial charge in [-0.15, -0.1) is 0 Å². The lowest BCUT2D eigenvalue weighted by atomic mass is 10.0. The van der Waals surface area contributed by atoms with E-state index in [0.717, 1.165) is 16.3 Å². The second kappa shape index (κ2) is 7.04. The largest absolute Gasteiger partial charge is 0.482 e. The molecule has 9 heteroatoms. The summed E-state index contributed by atoms with van der Waals surface area (Å²) in [5, 5.41) is 29.5. The summed E-state index contributed by atoms with van der Waals surface area (Å²) in [5.74, 6) is -0.146. The van der Waals surface area contributed by atoms with Crippen LogP contribution >= 0.6 is 0 Å². The fourth-order valence-electron chi connectivity index (χ4n) is 2.93. The molecule has 1 aliphatic heterocycles. The van der Waals surface area contributed by atoms with Crippen LogP contribution in [0.1, 0.15) is 12.5 Å². The van der Waals surface area contributed by atoms with Gasteiger partial charge in [0.05, 0.1) is 12.8 Å². The maximum Gasteiger partial charge on any atom is 0.330 e. The third-order valence-electron chi connectivity index (χ3n) is 4.45. The predicted molar refractivity (Wildman–Crippen MR) is 89.7 cm³/mol. The van der Waals surface area contributed by atoms with Gasteiger partial charge in [0, 0.05) is 0 Å². The number of H-pyrrole nitrogens is 1. The van der Waals surface area contributed by atoms with Gasteiger partial charge in [-0.1, -0.05) is 30.3 Å². The predicted octanol–water partition coefficient (Wildman–Crippen LogP) is -1.10. The van der Waals surface area contributed by atoms with Gasteiger partial charge in [0.1, 0.15) is 24.9 Å². The molecule has 0 unspecified atom stereocenters. The van der Waals surface area contributed by atoms with Crippen molar-refractivity contribution in [2.75, 3.05) is 6.61 Å². The van der Waals surface area contributed by atoms with Crippen LogP contribution in [0.4, 0.5) is 0 Å². The standard InChI is InChI=1S/C17H20N2O7/c1-17(14(22)13(21)12(8-20)26-17)19-7-11(15(23)18-16(19)24)25-9-10-5-3-2-4-6-10/h2-7,12-14,20-22H,8-9H2,1H3,(H,18,23,24)/t12-,13-,14-,17-/m1/s1. The van der Waals surface area contributed by atoms with Crippen LogP contribution in [0.2, 0.25) is 0 Å². The lowest BCUT2D eigenvalue weighted by Gasteiger charge is -2.29. The van der Waals surface area contributed by atoms with Crippen molar-refractivity contribution in [1.29, 1.82) is 0 Å². The van der Waals surface area contributed by atoms with E-state index in [4.69, 9.17) is 9.47 Å². The Morgan fingerprint density at radius 1 is 1.27 bits per heavy atom. The molecule has 26 heavy (non-hydrogen) atoms. The van der Waals surface area contributed by atoms with Gasteiger partial charge in [-0.3, -0.25) is 14.3 Å². The number of hydrogen-bond donors (Lipinski definition) is 4. The second-order valence-corrected chi connectivity index (χ2v) is 6.23. The zero-order chi connectivity index (χ0) is 18.9. The van der Waals surface area contributed by atoms with Crippen LogP contribution < -0.4 is 16.0 Å². The number of benzene rings is 1. The summed E-state index contributed by atoms with van der Waals surface area (Å²) in [6, 6.07) is 9.13. The highest BCUT2D eigenvalue weighted by Crippen LogP contribution is 2.34. The van der Waals surface area contributed by atoms with Gasteiger partial charge < -0.3 is 24.8 Å². The Labute approximate surface area is 148 Å². The summed E-state index contributed by atoms with van der Waals surface area (Å²) < 4.78 is 11.9. The van der Waals surface area contributed by atoms with E-state index < -0.39 is 41.9 Å². The first-order valence-corrected chi connectivity index (χ1v) is 8.05. The van der Waals surface area contributed by atoms with Crippen LogP contribution in [-0.2, 0) is 17.1 Å². The highest BCUT2D eigenvalue weighted by molar-refractivity contribution is 5.18. The average Bonchev–Trinajstić information content (AvgIpc) is 2.86. The van der Waals surface area contributed by atoms with Crippen molar-refractivity contribution < 1.29 is 24.8 Å². The van der Waals surface area contributed by atoms with E-state index in [-0.39, 0.29) is 12.4 Å². The van der Waals surface area contributed by atoms with Crippen LogP contribution in [0.25, 0.3) is 0 Å². The highest BCUT2D eigenvalue weighted by Gasteiger charge is 2.52. The van der Waals surface area contributed by atoms with Gasteiger partial charge in [-0.2, -0.15) is 0 Å². The van der Waals surface area contributed by atoms with E-state index in [1.165, 1.54) is 6.92 Å². The molecule has 0 spiro atoms. The monoisotopic (exact) mass is 364 g/mol. The van der Waals surface area contributed by atoms with E-state index in [9.17, 15) is 24.9 Å². The lowest BCUT2D eigenvalue weighted by molar-refractivity contribution is -0.137. The number of hydrogen-bond acceptors (Lipinski definition) is 7. The average molecular weight is 364 g/mol. The minimum atomic E-state index is -1.68. The SMILES string of the molecule is C[C@@]1(n2cc(OCc3ccccc3)c(=O)[nH]c2=O)O[C@H](CO)[C@@H](O)[C@H]1O. The van der Waals surface area contributed by atoms with Crippen molar-refractivity contribution in [3.05, 3.63) is 62.9 Å². The van der Waals surface area contributed by atoms with E-state index in [0.29, 0.717) is 0 Å². The molecule has 140 valence electrons. The molecule has 0 amide bonds. The van der Waals surface area contributed by atoms with Crippen LogP contribution in [0.15, 0.2) is 46.1 Å². The van der Waals surface area contributed by atoms with Crippen molar-refractivity contribution in [2.45, 2.75) is 37.6 Å². The van der Waals surface area contributed by atoms with Gasteiger partial charge in [0.15, 0.2) is 5.72 Å². The fraction of sp³-hybridized carbons (Fsp3) is 0.412. The van der Waals surface area contributed by atoms with Gasteiger partial charge in [-0.05, 0) is 12.5 Å². The first kappa shape index (κ1) is 18.3. The molecule has 2 aromatic rings. The molecule has 0 bridgehead atoms. The molecule has 0 aliphatic carbocycles. The van der Waals surface area contributed by atoms with Gasteiger partial charge >= 0.3 is 5.69 Å². The molecule has 1 fully saturated rings. The quantitative estimate of drug-likeness (QED) is 0.529. The number of aromatic amines is 1. The molecule has 0 saturated carbocycles. The van der Waals surface area contributed by atoms with Crippen LogP contribution in [0.5, 0.6) is 5.75 Å². The minimum absolute atomic E-state index is 0.101. The van der Waals surface area contributed by atoms with Gasteiger partial charge in [0.25, 0.3) is 5.56 Å². The molecule has 4 N–H and O–H groups in total. The lowest BCUT2D eigenvalue weighted by Crippen LogP contribution is -2.49. The summed E-state index contributed by atoms with van der Waals surface area (Å²) in [4.78, 5) is 26.3. The Morgan fingerprint density at radius 3 is 2.58 bits per heavy atom. The third-order valence-corrected chi connectivity index (χ3v) is 4.45. The van der Waals surface area contributed by atoms with E-state index in [2.05, 4.69) is 4.98 Å². The number of rotatable bonds is 5. The summed E-state index contributed by atoms with van der Waals surface area (Å²) in [5.41, 5.74) is -2.42. The maximum absolute atomic E-state index is 12.2. The summed E-state index contributed by atoms with van der Waals surface area (Å²) in [6.07, 6.45) is -2.83. The number of ether oxygens (including phenoxy) is 2. The number of nitrogens with one attached hydrogen (secondary N) is 1. The van der Waals surface area contributed by atoms with Gasteiger partial charge in [-0.25, -0.2) is 4.79 Å². The van der Waals surface area contributed by atoms with Crippen molar-refractivity contribution in [1.82, 2.24) is 9.55 Å². The van der Waals surface area contributed by atoms with Crippen molar-refractivity contribution in [2.24, 2.45) is 0 Å². The zero-order valence-electron chi connectivity index (χ0n) is 14.0. The van der Waals surface area contributed by atoms with Crippen LogP contribution in [0.3, 0.4) is 0 Å². The summed E-state index contributed by atoms with van der Waals surface area (Å²) in [7, 11) is 0. The molecule has 1 aromatic heterocycles. The van der Waals surface area contributed by atoms with E-state index in [1.54, 1.807) is 0 Å². The fourth-order valence-corrected chi connectivity index (χ4v) is 2.93. The van der Waals surface area contributed by atoms with Crippen LogP contribution in [0, 0.1) is 0 Å². The Kier molecular flexibility index (Phi) is 4.97. The molecule has 2 heterocycles. The maximum atomic E-state index is 12.2. The van der Waals surface area contributed by atoms with E-state index in [1.807, 2.05) is 30.3 Å². The molecule has 9 nitrogen and oxygen atoms in total. The zero-order valence-corrected chi connectivity index (χ0v) is 14.0. The normalized spacial score (nSPS) is 28.2. The number of aliphatic hydroxyl groups excluding tert-OH is 3.